The highest BCUT2D eigenvalue weighted by molar-refractivity contribution is 6.31. The van der Waals surface area contributed by atoms with Gasteiger partial charge >= 0.3 is 0 Å². The molecule has 1 heterocycles. The largest absolute Gasteiger partial charge is 0.349 e. The predicted octanol–water partition coefficient (Wildman–Crippen LogP) is 5.22. The summed E-state index contributed by atoms with van der Waals surface area (Å²) in [4.78, 5) is 27.7. The molecular weight excluding hydrogens is 396 g/mol. The van der Waals surface area contributed by atoms with E-state index in [4.69, 9.17) is 11.6 Å². The van der Waals surface area contributed by atoms with Crippen LogP contribution in [0.3, 0.4) is 0 Å². The second kappa shape index (κ2) is 8.88. The van der Waals surface area contributed by atoms with Gasteiger partial charge in [0.05, 0.1) is 6.04 Å². The van der Waals surface area contributed by atoms with Gasteiger partial charge in [-0.2, -0.15) is 0 Å². The smallest absolute Gasteiger partial charge is 0.254 e. The SMILES string of the molecule is C[C@@H](NC(=O)C1CCN(C(=O)c2cccc3ccccc23)CC1)c1ccccc1Cl. The fourth-order valence-corrected chi connectivity index (χ4v) is 4.46. The molecule has 0 aliphatic carbocycles. The number of benzene rings is 3. The van der Waals surface area contributed by atoms with Gasteiger partial charge < -0.3 is 10.2 Å². The zero-order valence-corrected chi connectivity index (χ0v) is 17.7. The molecular formula is C25H25ClN2O2. The van der Waals surface area contributed by atoms with E-state index in [1.165, 1.54) is 0 Å². The molecule has 0 spiro atoms. The topological polar surface area (TPSA) is 49.4 Å². The Labute approximate surface area is 181 Å². The summed E-state index contributed by atoms with van der Waals surface area (Å²) in [6.45, 7) is 3.11. The Bertz CT molecular complexity index is 1070. The number of carbonyl (C=O) groups is 2. The molecule has 0 unspecified atom stereocenters. The molecule has 1 aliphatic rings. The molecule has 1 aliphatic heterocycles. The molecule has 5 heteroatoms. The second-order valence-corrected chi connectivity index (χ2v) is 8.25. The molecule has 0 radical (unpaired) electrons. The Hall–Kier alpha value is -2.85. The van der Waals surface area contributed by atoms with Gasteiger partial charge in [-0.05, 0) is 48.2 Å². The van der Waals surface area contributed by atoms with Crippen molar-refractivity contribution in [3.63, 3.8) is 0 Å². The minimum Gasteiger partial charge on any atom is -0.349 e. The van der Waals surface area contributed by atoms with Crippen molar-refractivity contribution >= 4 is 34.2 Å². The van der Waals surface area contributed by atoms with Gasteiger partial charge in [0, 0.05) is 29.6 Å². The number of amides is 2. The van der Waals surface area contributed by atoms with Crippen LogP contribution in [0, 0.1) is 5.92 Å². The standard InChI is InChI=1S/C25H25ClN2O2/c1-17(20-9-4-5-12-23(20)26)27-24(29)19-13-15-28(16-14-19)25(30)22-11-6-8-18-7-2-3-10-21(18)22/h2-12,17,19H,13-16H2,1H3,(H,27,29)/t17-/m1/s1. The number of fused-ring (bicyclic) bond motifs is 1. The first-order valence-electron chi connectivity index (χ1n) is 10.4. The van der Waals surface area contributed by atoms with Crippen LogP contribution < -0.4 is 5.32 Å². The van der Waals surface area contributed by atoms with Crippen LogP contribution in [0.2, 0.25) is 5.02 Å². The molecule has 0 saturated carbocycles. The fourth-order valence-electron chi connectivity index (χ4n) is 4.16. The highest BCUT2D eigenvalue weighted by Gasteiger charge is 2.29. The molecule has 3 aromatic rings. The average Bonchev–Trinajstić information content (AvgIpc) is 2.78. The van der Waals surface area contributed by atoms with E-state index in [-0.39, 0.29) is 23.8 Å². The van der Waals surface area contributed by atoms with Gasteiger partial charge in [0.2, 0.25) is 5.91 Å². The van der Waals surface area contributed by atoms with Gasteiger partial charge in [0.15, 0.2) is 0 Å². The summed E-state index contributed by atoms with van der Waals surface area (Å²) in [6.07, 6.45) is 1.33. The summed E-state index contributed by atoms with van der Waals surface area (Å²) in [7, 11) is 0. The van der Waals surface area contributed by atoms with Crippen molar-refractivity contribution in [3.8, 4) is 0 Å². The van der Waals surface area contributed by atoms with Gasteiger partial charge in [0.25, 0.3) is 5.91 Å². The molecule has 1 saturated heterocycles. The minimum absolute atomic E-state index is 0.0275. The lowest BCUT2D eigenvalue weighted by molar-refractivity contribution is -0.126. The number of hydrogen-bond donors (Lipinski definition) is 1. The molecule has 154 valence electrons. The molecule has 3 aromatic carbocycles. The summed E-state index contributed by atoms with van der Waals surface area (Å²) in [5.74, 6) is -0.0266. The van der Waals surface area contributed by atoms with E-state index >= 15 is 0 Å². The van der Waals surface area contributed by atoms with Crippen molar-refractivity contribution in [2.24, 2.45) is 5.92 Å². The van der Waals surface area contributed by atoms with Crippen molar-refractivity contribution in [2.75, 3.05) is 13.1 Å². The van der Waals surface area contributed by atoms with E-state index < -0.39 is 0 Å². The van der Waals surface area contributed by atoms with Crippen molar-refractivity contribution in [2.45, 2.75) is 25.8 Å². The lowest BCUT2D eigenvalue weighted by Crippen LogP contribution is -2.43. The van der Waals surface area contributed by atoms with Crippen LogP contribution in [0.5, 0.6) is 0 Å². The van der Waals surface area contributed by atoms with E-state index in [2.05, 4.69) is 5.32 Å². The first kappa shape index (κ1) is 20.4. The van der Waals surface area contributed by atoms with Gasteiger partial charge in [-0.1, -0.05) is 66.2 Å². The lowest BCUT2D eigenvalue weighted by Gasteiger charge is -2.32. The van der Waals surface area contributed by atoms with Crippen LogP contribution in [0.1, 0.15) is 41.7 Å². The number of rotatable bonds is 4. The zero-order chi connectivity index (χ0) is 21.1. The van der Waals surface area contributed by atoms with Crippen LogP contribution in [0.15, 0.2) is 66.7 Å². The average molecular weight is 421 g/mol. The third kappa shape index (κ3) is 4.19. The van der Waals surface area contributed by atoms with E-state index in [0.717, 1.165) is 21.9 Å². The lowest BCUT2D eigenvalue weighted by atomic mass is 9.94. The molecule has 4 nitrogen and oxygen atoms in total. The monoisotopic (exact) mass is 420 g/mol. The quantitative estimate of drug-likeness (QED) is 0.628. The second-order valence-electron chi connectivity index (χ2n) is 7.84. The number of hydrogen-bond acceptors (Lipinski definition) is 2. The molecule has 0 bridgehead atoms. The Morgan fingerprint density at radius 1 is 0.967 bits per heavy atom. The molecule has 30 heavy (non-hydrogen) atoms. The summed E-state index contributed by atoms with van der Waals surface area (Å²) in [6, 6.07) is 21.2. The predicted molar refractivity (Wildman–Crippen MR) is 121 cm³/mol. The zero-order valence-electron chi connectivity index (χ0n) is 17.0. The normalized spacial score (nSPS) is 15.7. The van der Waals surface area contributed by atoms with Crippen molar-refractivity contribution in [1.82, 2.24) is 10.2 Å². The number of nitrogens with one attached hydrogen (secondary N) is 1. The van der Waals surface area contributed by atoms with Crippen molar-refractivity contribution in [3.05, 3.63) is 82.9 Å². The maximum absolute atomic E-state index is 13.1. The molecule has 1 atom stereocenters. The fraction of sp³-hybridized carbons (Fsp3) is 0.280. The first-order valence-corrected chi connectivity index (χ1v) is 10.7. The van der Waals surface area contributed by atoms with E-state index in [1.54, 1.807) is 0 Å². The van der Waals surface area contributed by atoms with Gasteiger partial charge in [0.1, 0.15) is 0 Å². The van der Waals surface area contributed by atoms with Crippen LogP contribution in [0.4, 0.5) is 0 Å². The maximum atomic E-state index is 13.1. The van der Waals surface area contributed by atoms with Crippen LogP contribution in [-0.4, -0.2) is 29.8 Å². The number of halogens is 1. The van der Waals surface area contributed by atoms with E-state index in [9.17, 15) is 9.59 Å². The Balaban J connectivity index is 1.38. The van der Waals surface area contributed by atoms with Crippen molar-refractivity contribution < 1.29 is 9.59 Å². The van der Waals surface area contributed by atoms with Gasteiger partial charge in [-0.15, -0.1) is 0 Å². The Kier molecular flexibility index (Phi) is 6.05. The number of likely N-dealkylation sites (tertiary alicyclic amines) is 1. The van der Waals surface area contributed by atoms with E-state index in [1.807, 2.05) is 78.6 Å². The summed E-state index contributed by atoms with van der Waals surface area (Å²) >= 11 is 6.25. The summed E-state index contributed by atoms with van der Waals surface area (Å²) in [5, 5.41) is 5.77. The third-order valence-electron chi connectivity index (χ3n) is 5.90. The number of nitrogens with zero attached hydrogens (tertiary/aromatic N) is 1. The molecule has 1 N–H and O–H groups in total. The van der Waals surface area contributed by atoms with Crippen LogP contribution in [-0.2, 0) is 4.79 Å². The third-order valence-corrected chi connectivity index (χ3v) is 6.25. The highest BCUT2D eigenvalue weighted by atomic mass is 35.5. The molecule has 0 aromatic heterocycles. The molecule has 2 amide bonds. The highest BCUT2D eigenvalue weighted by Crippen LogP contribution is 2.26. The first-order chi connectivity index (χ1) is 14.5. The van der Waals surface area contributed by atoms with Crippen LogP contribution in [0.25, 0.3) is 10.8 Å². The Morgan fingerprint density at radius 2 is 1.63 bits per heavy atom. The molecule has 4 rings (SSSR count). The van der Waals surface area contributed by atoms with Gasteiger partial charge in [-0.25, -0.2) is 0 Å². The summed E-state index contributed by atoms with van der Waals surface area (Å²) < 4.78 is 0. The minimum atomic E-state index is -0.151. The number of piperidine rings is 1. The Morgan fingerprint density at radius 3 is 2.40 bits per heavy atom. The van der Waals surface area contributed by atoms with Gasteiger partial charge in [-0.3, -0.25) is 9.59 Å². The van der Waals surface area contributed by atoms with Crippen LogP contribution >= 0.6 is 11.6 Å². The summed E-state index contributed by atoms with van der Waals surface area (Å²) in [5.41, 5.74) is 1.64. The van der Waals surface area contributed by atoms with Crippen molar-refractivity contribution in [1.29, 1.82) is 0 Å². The molecule has 1 fully saturated rings. The van der Waals surface area contributed by atoms with E-state index in [0.29, 0.717) is 31.0 Å². The number of carbonyl (C=O) groups excluding carboxylic acids is 2. The maximum Gasteiger partial charge on any atom is 0.254 e.